The Morgan fingerprint density at radius 2 is 1.88 bits per heavy atom. The van der Waals surface area contributed by atoms with Crippen LogP contribution in [-0.2, 0) is 15.6 Å². The van der Waals surface area contributed by atoms with Crippen LogP contribution in [0.3, 0.4) is 0 Å². The minimum atomic E-state index is 0.627. The minimum Gasteiger partial charge on any atom is -0.378 e. The van der Waals surface area contributed by atoms with Crippen LogP contribution < -0.4 is 0 Å². The average molecular weight is 241 g/mol. The molecule has 92 valence electrons. The molecular weight excluding hydrogens is 216 g/mol. The predicted octanol–water partition coefficient (Wildman–Crippen LogP) is 3.28. The van der Waals surface area contributed by atoms with E-state index in [0.717, 1.165) is 22.2 Å². The third-order valence-electron chi connectivity index (χ3n) is 4.73. The van der Waals surface area contributed by atoms with Crippen molar-refractivity contribution in [1.29, 1.82) is 0 Å². The molecule has 0 amide bonds. The molecule has 16 heavy (non-hydrogen) atoms. The molecule has 0 aromatic rings. The summed E-state index contributed by atoms with van der Waals surface area (Å²) < 4.78 is 6.59. The van der Waals surface area contributed by atoms with E-state index < -0.39 is 0 Å². The smallest absolute Gasteiger partial charge is 0.153 e. The lowest BCUT2D eigenvalue weighted by Gasteiger charge is -2.31. The van der Waals surface area contributed by atoms with Crippen molar-refractivity contribution in [2.75, 3.05) is 18.1 Å². The van der Waals surface area contributed by atoms with E-state index in [1.54, 1.807) is 24.3 Å². The van der Waals surface area contributed by atoms with Gasteiger partial charge < -0.3 is 4.74 Å². The van der Waals surface area contributed by atoms with Crippen molar-refractivity contribution < 1.29 is 4.74 Å². The van der Waals surface area contributed by atoms with Gasteiger partial charge in [0, 0.05) is 23.9 Å². The highest BCUT2D eigenvalue weighted by atomic mass is 32.2. The molecule has 2 aliphatic heterocycles. The second-order valence-corrected chi connectivity index (χ2v) is 8.49. The minimum absolute atomic E-state index is 0.627. The maximum absolute atomic E-state index is 5.79. The first-order chi connectivity index (χ1) is 7.89. The Morgan fingerprint density at radius 3 is 2.50 bits per heavy atom. The fourth-order valence-electron chi connectivity index (χ4n) is 3.65. The van der Waals surface area contributed by atoms with Crippen molar-refractivity contribution in [3.05, 3.63) is 0 Å². The molecule has 0 radical (unpaired) electrons. The van der Waals surface area contributed by atoms with Gasteiger partial charge in [-0.1, -0.05) is 6.42 Å². The number of ether oxygens (including phenoxy) is 1. The van der Waals surface area contributed by atoms with Crippen LogP contribution in [-0.4, -0.2) is 29.0 Å². The highest BCUT2D eigenvalue weighted by Gasteiger charge is 2.55. The topological polar surface area (TPSA) is 9.23 Å². The van der Waals surface area contributed by atoms with Gasteiger partial charge in [0.2, 0.25) is 0 Å². The summed E-state index contributed by atoms with van der Waals surface area (Å²) in [6, 6.07) is 0. The van der Waals surface area contributed by atoms with Crippen molar-refractivity contribution in [3.8, 4) is 0 Å². The van der Waals surface area contributed by atoms with Crippen molar-refractivity contribution in [3.63, 3.8) is 0 Å². The van der Waals surface area contributed by atoms with E-state index in [4.69, 9.17) is 4.74 Å². The van der Waals surface area contributed by atoms with E-state index in [1.165, 1.54) is 44.9 Å². The second kappa shape index (κ2) is 4.89. The predicted molar refractivity (Wildman–Crippen MR) is 71.1 cm³/mol. The molecule has 0 spiro atoms. The standard InChI is InChI=1S/C14H25OS/c1-2-7-14(8-3-1,16-11-12-16)9-6-13-5-4-10-15-13/h13H,1-12H2/q+1. The first kappa shape index (κ1) is 11.4. The highest BCUT2D eigenvalue weighted by Crippen LogP contribution is 2.45. The molecule has 2 heterocycles. The summed E-state index contributed by atoms with van der Waals surface area (Å²) in [5.74, 6) is 3.12. The molecular formula is C14H25OS+. The van der Waals surface area contributed by atoms with Crippen LogP contribution in [0.15, 0.2) is 0 Å². The highest BCUT2D eigenvalue weighted by molar-refractivity contribution is 8.04. The fourth-order valence-corrected chi connectivity index (χ4v) is 6.12. The van der Waals surface area contributed by atoms with Gasteiger partial charge in [0.1, 0.15) is 4.75 Å². The van der Waals surface area contributed by atoms with Crippen molar-refractivity contribution in [2.45, 2.75) is 68.6 Å². The number of rotatable bonds is 4. The van der Waals surface area contributed by atoms with E-state index in [1.807, 2.05) is 0 Å². The van der Waals surface area contributed by atoms with E-state index in [0.29, 0.717) is 6.10 Å². The first-order valence-corrected chi connectivity index (χ1v) is 8.75. The Morgan fingerprint density at radius 1 is 1.06 bits per heavy atom. The Kier molecular flexibility index (Phi) is 3.49. The third kappa shape index (κ3) is 2.43. The van der Waals surface area contributed by atoms with Gasteiger partial charge in [0.15, 0.2) is 11.5 Å². The van der Waals surface area contributed by atoms with Crippen molar-refractivity contribution in [2.24, 2.45) is 0 Å². The molecule has 1 saturated carbocycles. The van der Waals surface area contributed by atoms with Crippen LogP contribution in [0.2, 0.25) is 0 Å². The molecule has 1 nitrogen and oxygen atoms in total. The molecule has 1 atom stereocenters. The Bertz CT molecular complexity index is 225. The summed E-state index contributed by atoms with van der Waals surface area (Å²) in [5, 5.41) is 0. The zero-order valence-corrected chi connectivity index (χ0v) is 11.2. The quantitative estimate of drug-likeness (QED) is 0.542. The summed E-state index contributed by atoms with van der Waals surface area (Å²) >= 11 is 0. The zero-order chi connectivity index (χ0) is 10.8. The molecule has 3 fully saturated rings. The first-order valence-electron chi connectivity index (χ1n) is 7.18. The van der Waals surface area contributed by atoms with Crippen LogP contribution in [0.4, 0.5) is 0 Å². The normalized spacial score (nSPS) is 34.1. The molecule has 0 aromatic heterocycles. The molecule has 2 heteroatoms. The van der Waals surface area contributed by atoms with Crippen LogP contribution in [0, 0.1) is 0 Å². The Labute approximate surface area is 103 Å². The third-order valence-corrected chi connectivity index (χ3v) is 7.38. The van der Waals surface area contributed by atoms with Gasteiger partial charge in [-0.25, -0.2) is 0 Å². The average Bonchev–Trinajstić information content (AvgIpc) is 3.06. The summed E-state index contributed by atoms with van der Waals surface area (Å²) in [6.45, 7) is 1.03. The van der Waals surface area contributed by atoms with Gasteiger partial charge in [-0.05, 0) is 44.9 Å². The number of hydrogen-bond donors (Lipinski definition) is 0. The van der Waals surface area contributed by atoms with Crippen molar-refractivity contribution in [1.82, 2.24) is 0 Å². The number of hydrogen-bond acceptors (Lipinski definition) is 1. The van der Waals surface area contributed by atoms with E-state index in [-0.39, 0.29) is 0 Å². The van der Waals surface area contributed by atoms with Gasteiger partial charge in [-0.3, -0.25) is 0 Å². The van der Waals surface area contributed by atoms with Gasteiger partial charge in [-0.2, -0.15) is 0 Å². The summed E-state index contributed by atoms with van der Waals surface area (Å²) in [6.07, 6.45) is 13.7. The van der Waals surface area contributed by atoms with Gasteiger partial charge >= 0.3 is 0 Å². The maximum Gasteiger partial charge on any atom is 0.153 e. The summed E-state index contributed by atoms with van der Waals surface area (Å²) in [7, 11) is 0.834. The van der Waals surface area contributed by atoms with Crippen LogP contribution >= 0.6 is 0 Å². The van der Waals surface area contributed by atoms with Crippen LogP contribution in [0.25, 0.3) is 0 Å². The lowest BCUT2D eigenvalue weighted by atomic mass is 9.84. The van der Waals surface area contributed by atoms with E-state index >= 15 is 0 Å². The second-order valence-electron chi connectivity index (χ2n) is 5.82. The maximum atomic E-state index is 5.79. The molecule has 0 N–H and O–H groups in total. The monoisotopic (exact) mass is 241 g/mol. The van der Waals surface area contributed by atoms with Gasteiger partial charge in [0.25, 0.3) is 0 Å². The molecule has 3 rings (SSSR count). The van der Waals surface area contributed by atoms with Gasteiger partial charge in [-0.15, -0.1) is 0 Å². The SMILES string of the molecule is C1CCC(CCC2CCCO2)([S+]2CC2)CC1. The van der Waals surface area contributed by atoms with Gasteiger partial charge in [0.05, 0.1) is 6.10 Å². The molecule has 0 aromatic carbocycles. The zero-order valence-electron chi connectivity index (χ0n) is 10.4. The molecule has 3 aliphatic rings. The van der Waals surface area contributed by atoms with Crippen LogP contribution in [0.1, 0.15) is 57.8 Å². The summed E-state index contributed by atoms with van der Waals surface area (Å²) in [4.78, 5) is 0. The Hall–Kier alpha value is 0.310. The van der Waals surface area contributed by atoms with E-state index in [9.17, 15) is 0 Å². The molecule has 2 saturated heterocycles. The van der Waals surface area contributed by atoms with Crippen LogP contribution in [0.5, 0.6) is 0 Å². The summed E-state index contributed by atoms with van der Waals surface area (Å²) in [5.41, 5.74) is 0. The Balaban J connectivity index is 1.55. The van der Waals surface area contributed by atoms with Crippen molar-refractivity contribution >= 4 is 10.9 Å². The largest absolute Gasteiger partial charge is 0.378 e. The molecule has 1 aliphatic carbocycles. The molecule has 1 unspecified atom stereocenters. The lowest BCUT2D eigenvalue weighted by molar-refractivity contribution is 0.0979. The van der Waals surface area contributed by atoms with E-state index in [2.05, 4.69) is 0 Å². The fraction of sp³-hybridized carbons (Fsp3) is 1.00. The lowest BCUT2D eigenvalue weighted by Crippen LogP contribution is -2.36. The molecule has 0 bridgehead atoms.